The van der Waals surface area contributed by atoms with Crippen LogP contribution in [-0.2, 0) is 11.3 Å². The first-order valence-electron chi connectivity index (χ1n) is 9.77. The summed E-state index contributed by atoms with van der Waals surface area (Å²) in [6, 6.07) is 17.7. The fourth-order valence-electron chi connectivity index (χ4n) is 3.38. The number of aromatic nitrogens is 1. The summed E-state index contributed by atoms with van der Waals surface area (Å²) < 4.78 is 1.94. The van der Waals surface area contributed by atoms with Gasteiger partial charge in [0, 0.05) is 49.5 Å². The molecule has 0 radical (unpaired) electrons. The third kappa shape index (κ3) is 4.28. The summed E-state index contributed by atoms with van der Waals surface area (Å²) in [6.45, 7) is -0.0172. The molecule has 1 aliphatic rings. The summed E-state index contributed by atoms with van der Waals surface area (Å²) >= 11 is 0.865. The molecule has 0 N–H and O–H groups in total. The summed E-state index contributed by atoms with van der Waals surface area (Å²) in [4.78, 5) is 39.3. The van der Waals surface area contributed by atoms with E-state index >= 15 is 0 Å². The highest BCUT2D eigenvalue weighted by atomic mass is 32.2. The Hall–Kier alpha value is -3.85. The monoisotopic (exact) mass is 448 g/mol. The molecule has 2 amide bonds. The molecule has 8 nitrogen and oxygen atoms in total. The van der Waals surface area contributed by atoms with Crippen molar-refractivity contribution in [3.05, 3.63) is 93.1 Å². The molecule has 4 rings (SSSR count). The van der Waals surface area contributed by atoms with Crippen molar-refractivity contribution in [2.75, 3.05) is 19.0 Å². The van der Waals surface area contributed by atoms with Crippen molar-refractivity contribution in [3.63, 3.8) is 0 Å². The number of hydrogen-bond donors (Lipinski definition) is 0. The lowest BCUT2D eigenvalue weighted by Gasteiger charge is -2.14. The van der Waals surface area contributed by atoms with Crippen LogP contribution in [-0.4, -0.2) is 39.6 Å². The predicted octanol–water partition coefficient (Wildman–Crippen LogP) is 4.69. The maximum Gasteiger partial charge on any atom is 0.293 e. The number of nitro groups is 1. The van der Waals surface area contributed by atoms with Gasteiger partial charge in [0.2, 0.25) is 0 Å². The Morgan fingerprint density at radius 2 is 1.81 bits per heavy atom. The first kappa shape index (κ1) is 21.4. The lowest BCUT2D eigenvalue weighted by atomic mass is 10.2. The number of rotatable bonds is 6. The molecule has 3 aromatic rings. The smallest absolute Gasteiger partial charge is 0.293 e. The first-order chi connectivity index (χ1) is 15.3. The van der Waals surface area contributed by atoms with E-state index < -0.39 is 16.1 Å². The van der Waals surface area contributed by atoms with Crippen molar-refractivity contribution < 1.29 is 14.5 Å². The number of carbonyl (C=O) groups is 2. The molecule has 2 heterocycles. The van der Waals surface area contributed by atoms with Crippen LogP contribution in [0.1, 0.15) is 11.3 Å². The Kier molecular flexibility index (Phi) is 5.83. The van der Waals surface area contributed by atoms with Crippen LogP contribution < -0.4 is 4.90 Å². The van der Waals surface area contributed by atoms with Crippen LogP contribution >= 0.6 is 11.8 Å². The van der Waals surface area contributed by atoms with Crippen molar-refractivity contribution in [2.24, 2.45) is 0 Å². The molecule has 1 saturated heterocycles. The van der Waals surface area contributed by atoms with E-state index in [9.17, 15) is 19.7 Å². The quantitative estimate of drug-likeness (QED) is 0.309. The number of nitro benzene ring substituents is 1. The molecular weight excluding hydrogens is 428 g/mol. The Balaban J connectivity index is 1.57. The number of thioether (sulfide) groups is 1. The fraction of sp³-hybridized carbons (Fsp3) is 0.130. The SMILES string of the molecule is CN(C)c1ccc(-n2cccc2C=C2SC(=O)N(Cc3cccc([N+](=O)[O-])c3)C2=O)cc1. The number of benzene rings is 2. The van der Waals surface area contributed by atoms with Gasteiger partial charge < -0.3 is 9.47 Å². The number of nitrogens with zero attached hydrogens (tertiary/aromatic N) is 4. The molecule has 0 aliphatic carbocycles. The van der Waals surface area contributed by atoms with Gasteiger partial charge in [-0.1, -0.05) is 12.1 Å². The van der Waals surface area contributed by atoms with Gasteiger partial charge in [0.05, 0.1) is 16.4 Å². The van der Waals surface area contributed by atoms with Crippen LogP contribution in [0, 0.1) is 10.1 Å². The number of hydrogen-bond acceptors (Lipinski definition) is 6. The van der Waals surface area contributed by atoms with Gasteiger partial charge in [-0.25, -0.2) is 0 Å². The molecule has 162 valence electrons. The van der Waals surface area contributed by atoms with Crippen LogP contribution in [0.2, 0.25) is 0 Å². The molecule has 0 spiro atoms. The Morgan fingerprint density at radius 1 is 1.06 bits per heavy atom. The Bertz CT molecular complexity index is 1230. The highest BCUT2D eigenvalue weighted by Crippen LogP contribution is 2.34. The van der Waals surface area contributed by atoms with E-state index in [1.54, 1.807) is 12.1 Å². The van der Waals surface area contributed by atoms with Crippen LogP contribution in [0.4, 0.5) is 16.2 Å². The minimum Gasteiger partial charge on any atom is -0.378 e. The van der Waals surface area contributed by atoms with E-state index in [2.05, 4.69) is 0 Å². The average molecular weight is 449 g/mol. The number of carbonyl (C=O) groups excluding carboxylic acids is 2. The molecule has 1 fully saturated rings. The lowest BCUT2D eigenvalue weighted by molar-refractivity contribution is -0.384. The van der Waals surface area contributed by atoms with Crippen molar-refractivity contribution in [1.29, 1.82) is 0 Å². The zero-order valence-corrected chi connectivity index (χ0v) is 18.3. The van der Waals surface area contributed by atoms with Gasteiger partial charge in [-0.05, 0) is 59.8 Å². The second-order valence-electron chi connectivity index (χ2n) is 7.41. The number of amides is 2. The Labute approximate surface area is 188 Å². The second kappa shape index (κ2) is 8.72. The fourth-order valence-corrected chi connectivity index (χ4v) is 4.20. The summed E-state index contributed by atoms with van der Waals surface area (Å²) in [5.74, 6) is -0.415. The van der Waals surface area contributed by atoms with Crippen LogP contribution in [0.3, 0.4) is 0 Å². The molecule has 2 aromatic carbocycles. The van der Waals surface area contributed by atoms with Crippen molar-refractivity contribution >= 4 is 40.4 Å². The average Bonchev–Trinajstić information content (AvgIpc) is 3.34. The maximum atomic E-state index is 12.9. The van der Waals surface area contributed by atoms with E-state index in [0.29, 0.717) is 10.5 Å². The number of anilines is 1. The lowest BCUT2D eigenvalue weighted by Crippen LogP contribution is -2.27. The maximum absolute atomic E-state index is 12.9. The first-order valence-corrected chi connectivity index (χ1v) is 10.6. The zero-order chi connectivity index (χ0) is 22.8. The van der Waals surface area contributed by atoms with Gasteiger partial charge in [-0.2, -0.15) is 0 Å². The highest BCUT2D eigenvalue weighted by Gasteiger charge is 2.35. The minimum absolute atomic E-state index is 0.0172. The molecule has 0 bridgehead atoms. The van der Waals surface area contributed by atoms with Crippen molar-refractivity contribution in [1.82, 2.24) is 9.47 Å². The third-order valence-electron chi connectivity index (χ3n) is 5.04. The topological polar surface area (TPSA) is 88.7 Å². The van der Waals surface area contributed by atoms with Gasteiger partial charge in [0.1, 0.15) is 0 Å². The second-order valence-corrected chi connectivity index (χ2v) is 8.40. The molecule has 1 aromatic heterocycles. The number of imide groups is 1. The van der Waals surface area contributed by atoms with Gasteiger partial charge in [-0.15, -0.1) is 0 Å². The Morgan fingerprint density at radius 3 is 2.50 bits per heavy atom. The van der Waals surface area contributed by atoms with Crippen molar-refractivity contribution in [2.45, 2.75) is 6.54 Å². The van der Waals surface area contributed by atoms with Crippen molar-refractivity contribution in [3.8, 4) is 5.69 Å². The summed E-state index contributed by atoms with van der Waals surface area (Å²) in [7, 11) is 3.94. The van der Waals surface area contributed by atoms with Gasteiger partial charge in [0.25, 0.3) is 16.8 Å². The predicted molar refractivity (Wildman–Crippen MR) is 125 cm³/mol. The molecule has 0 atom stereocenters. The summed E-state index contributed by atoms with van der Waals surface area (Å²) in [5.41, 5.74) is 3.21. The summed E-state index contributed by atoms with van der Waals surface area (Å²) in [6.07, 6.45) is 3.59. The molecule has 32 heavy (non-hydrogen) atoms. The van der Waals surface area contributed by atoms with Gasteiger partial charge >= 0.3 is 0 Å². The van der Waals surface area contributed by atoms with Gasteiger partial charge in [-0.3, -0.25) is 24.6 Å². The molecular formula is C23H20N4O4S. The van der Waals surface area contributed by atoms with E-state index in [-0.39, 0.29) is 12.2 Å². The van der Waals surface area contributed by atoms with E-state index in [1.807, 2.05) is 66.2 Å². The zero-order valence-electron chi connectivity index (χ0n) is 17.5. The summed E-state index contributed by atoms with van der Waals surface area (Å²) in [5, 5.41) is 10.6. The standard InChI is InChI=1S/C23H20N4O4S/c1-24(2)17-8-10-18(11-9-17)25-12-4-7-19(25)14-21-22(28)26(23(29)32-21)15-16-5-3-6-20(13-16)27(30)31/h3-14H,15H2,1-2H3. The van der Waals surface area contributed by atoms with E-state index in [1.165, 1.54) is 18.2 Å². The highest BCUT2D eigenvalue weighted by molar-refractivity contribution is 8.18. The van der Waals surface area contributed by atoms with Gasteiger partial charge in [0.15, 0.2) is 0 Å². The van der Waals surface area contributed by atoms with Crippen LogP contribution in [0.25, 0.3) is 11.8 Å². The largest absolute Gasteiger partial charge is 0.378 e. The van der Waals surface area contributed by atoms with Crippen LogP contribution in [0.5, 0.6) is 0 Å². The normalized spacial score (nSPS) is 14.9. The van der Waals surface area contributed by atoms with Crippen LogP contribution in [0.15, 0.2) is 71.8 Å². The minimum atomic E-state index is -0.504. The molecule has 0 unspecified atom stereocenters. The molecule has 0 saturated carbocycles. The third-order valence-corrected chi connectivity index (χ3v) is 5.95. The van der Waals surface area contributed by atoms with E-state index in [0.717, 1.165) is 33.7 Å². The molecule has 9 heteroatoms. The number of non-ortho nitro benzene ring substituents is 1. The van der Waals surface area contributed by atoms with E-state index in [4.69, 9.17) is 0 Å². The molecule has 1 aliphatic heterocycles.